The first-order chi connectivity index (χ1) is 17.9. The first kappa shape index (κ1) is 23.6. The van der Waals surface area contributed by atoms with Gasteiger partial charge in [0.15, 0.2) is 6.10 Å². The fourth-order valence-electron chi connectivity index (χ4n) is 5.11. The molecule has 0 radical (unpaired) electrons. The fraction of sp³-hybridized carbons (Fsp3) is 0.241. The van der Waals surface area contributed by atoms with Crippen LogP contribution in [0.15, 0.2) is 77.9 Å². The lowest BCUT2D eigenvalue weighted by molar-refractivity contribution is -0.141. The summed E-state index contributed by atoms with van der Waals surface area (Å²) in [7, 11) is 0. The highest BCUT2D eigenvalue weighted by Gasteiger charge is 2.49. The van der Waals surface area contributed by atoms with Gasteiger partial charge < -0.3 is 15.0 Å². The Labute approximate surface area is 218 Å². The quantitative estimate of drug-likeness (QED) is 0.418. The van der Waals surface area contributed by atoms with E-state index in [9.17, 15) is 14.7 Å². The molecule has 0 saturated heterocycles. The molecule has 4 aromatic rings. The number of carbonyl (C=O) groups is 1. The SMILES string of the molecule is O=C([C@H](O)c1cccc(Cl)c1)N1CCc2nc(C3(c4cncc(-c5ccccc5)c4)CC3)[nH]c(=O)c2C1. The van der Waals surface area contributed by atoms with Crippen molar-refractivity contribution in [1.82, 2.24) is 19.9 Å². The van der Waals surface area contributed by atoms with E-state index in [0.717, 1.165) is 29.5 Å². The van der Waals surface area contributed by atoms with Gasteiger partial charge in [0.1, 0.15) is 5.82 Å². The van der Waals surface area contributed by atoms with Gasteiger partial charge in [0.05, 0.1) is 23.2 Å². The molecule has 1 aliphatic heterocycles. The number of aromatic amines is 1. The number of carbonyl (C=O) groups excluding carboxylic acids is 1. The summed E-state index contributed by atoms with van der Waals surface area (Å²) in [6, 6.07) is 18.8. The van der Waals surface area contributed by atoms with Gasteiger partial charge in [0.2, 0.25) is 0 Å². The number of rotatable bonds is 5. The number of nitrogens with zero attached hydrogens (tertiary/aromatic N) is 3. The molecule has 2 aromatic heterocycles. The van der Waals surface area contributed by atoms with Gasteiger partial charge in [-0.25, -0.2) is 4.98 Å². The highest BCUT2D eigenvalue weighted by Crippen LogP contribution is 2.52. The molecule has 2 N–H and O–H groups in total. The Balaban J connectivity index is 1.27. The second kappa shape index (κ2) is 9.25. The summed E-state index contributed by atoms with van der Waals surface area (Å²) in [4.78, 5) is 40.1. The minimum absolute atomic E-state index is 0.104. The lowest BCUT2D eigenvalue weighted by Crippen LogP contribution is -2.42. The van der Waals surface area contributed by atoms with Crippen molar-refractivity contribution in [2.24, 2.45) is 0 Å². The number of hydrogen-bond donors (Lipinski definition) is 2. The molecule has 0 unspecified atom stereocenters. The van der Waals surface area contributed by atoms with E-state index < -0.39 is 12.0 Å². The average molecular weight is 513 g/mol. The number of benzene rings is 2. The highest BCUT2D eigenvalue weighted by atomic mass is 35.5. The zero-order valence-electron chi connectivity index (χ0n) is 20.0. The molecule has 2 aromatic carbocycles. The summed E-state index contributed by atoms with van der Waals surface area (Å²) in [6.07, 6.45) is 4.57. The van der Waals surface area contributed by atoms with Crippen LogP contribution >= 0.6 is 11.6 Å². The largest absolute Gasteiger partial charge is 0.378 e. The summed E-state index contributed by atoms with van der Waals surface area (Å²) < 4.78 is 0. The minimum atomic E-state index is -1.34. The fourth-order valence-corrected chi connectivity index (χ4v) is 5.31. The van der Waals surface area contributed by atoms with Gasteiger partial charge in [0.25, 0.3) is 11.5 Å². The Bertz CT molecular complexity index is 1550. The highest BCUT2D eigenvalue weighted by molar-refractivity contribution is 6.30. The maximum atomic E-state index is 13.2. The predicted octanol–water partition coefficient (Wildman–Crippen LogP) is 4.18. The molecule has 37 heavy (non-hydrogen) atoms. The summed E-state index contributed by atoms with van der Waals surface area (Å²) in [5.41, 5.74) is 4.14. The number of hydrogen-bond acceptors (Lipinski definition) is 5. The second-order valence-electron chi connectivity index (χ2n) is 9.72. The van der Waals surface area contributed by atoms with Crippen molar-refractivity contribution in [3.63, 3.8) is 0 Å². The second-order valence-corrected chi connectivity index (χ2v) is 10.2. The van der Waals surface area contributed by atoms with E-state index in [1.165, 1.54) is 4.90 Å². The molecule has 8 heteroatoms. The van der Waals surface area contributed by atoms with Gasteiger partial charge in [-0.2, -0.15) is 0 Å². The van der Waals surface area contributed by atoms with Crippen molar-refractivity contribution in [1.29, 1.82) is 0 Å². The van der Waals surface area contributed by atoms with Crippen molar-refractivity contribution in [3.05, 3.63) is 117 Å². The van der Waals surface area contributed by atoms with Crippen LogP contribution in [-0.4, -0.2) is 37.4 Å². The van der Waals surface area contributed by atoms with Crippen molar-refractivity contribution in [2.45, 2.75) is 37.3 Å². The van der Waals surface area contributed by atoms with Gasteiger partial charge in [-0.1, -0.05) is 54.1 Å². The van der Waals surface area contributed by atoms with Crippen molar-refractivity contribution in [2.75, 3.05) is 6.54 Å². The monoisotopic (exact) mass is 512 g/mol. The Kier molecular flexibility index (Phi) is 5.89. The molecular formula is C29H25ClN4O3. The number of aliphatic hydroxyl groups excluding tert-OH is 1. The third-order valence-corrected chi connectivity index (χ3v) is 7.61. The minimum Gasteiger partial charge on any atom is -0.378 e. The van der Waals surface area contributed by atoms with Gasteiger partial charge in [-0.3, -0.25) is 14.6 Å². The summed E-state index contributed by atoms with van der Waals surface area (Å²) in [6.45, 7) is 0.476. The predicted molar refractivity (Wildman–Crippen MR) is 140 cm³/mol. The first-order valence-electron chi connectivity index (χ1n) is 12.3. The number of aliphatic hydroxyl groups is 1. The molecule has 3 heterocycles. The summed E-state index contributed by atoms with van der Waals surface area (Å²) in [5.74, 6) is 0.195. The molecule has 186 valence electrons. The van der Waals surface area contributed by atoms with Crippen LogP contribution in [0.25, 0.3) is 11.1 Å². The maximum absolute atomic E-state index is 13.2. The van der Waals surface area contributed by atoms with Crippen LogP contribution in [0.3, 0.4) is 0 Å². The van der Waals surface area contributed by atoms with Crippen molar-refractivity contribution >= 4 is 17.5 Å². The number of nitrogens with one attached hydrogen (secondary N) is 1. The maximum Gasteiger partial charge on any atom is 0.256 e. The Morgan fingerprint density at radius 3 is 2.62 bits per heavy atom. The van der Waals surface area contributed by atoms with Crippen LogP contribution in [-0.2, 0) is 23.2 Å². The van der Waals surface area contributed by atoms with E-state index in [1.807, 2.05) is 30.6 Å². The Morgan fingerprint density at radius 2 is 1.86 bits per heavy atom. The van der Waals surface area contributed by atoms with Gasteiger partial charge in [-0.15, -0.1) is 0 Å². The lowest BCUT2D eigenvalue weighted by Gasteiger charge is -2.30. The van der Waals surface area contributed by atoms with Gasteiger partial charge in [-0.05, 0) is 47.7 Å². The molecule has 1 saturated carbocycles. The lowest BCUT2D eigenvalue weighted by atomic mass is 9.93. The first-order valence-corrected chi connectivity index (χ1v) is 12.7. The standard InChI is InChI=1S/C29H25ClN4O3/c30-22-8-4-7-19(14-22)25(35)27(37)34-12-9-24-23(17-34)26(36)33-28(32-24)29(10-11-29)21-13-20(15-31-16-21)18-5-2-1-3-6-18/h1-8,13-16,25,35H,9-12,17H2,(H,32,33,36)/t25-/m1/s1. The smallest absolute Gasteiger partial charge is 0.256 e. The molecule has 0 spiro atoms. The summed E-state index contributed by atoms with van der Waals surface area (Å²) in [5, 5.41) is 11.1. The molecule has 1 atom stereocenters. The third kappa shape index (κ3) is 4.34. The van der Waals surface area contributed by atoms with Crippen LogP contribution in [0.1, 0.15) is 47.2 Å². The van der Waals surface area contributed by atoms with E-state index in [4.69, 9.17) is 16.6 Å². The van der Waals surface area contributed by atoms with E-state index >= 15 is 0 Å². The average Bonchev–Trinajstić information content (AvgIpc) is 3.75. The van der Waals surface area contributed by atoms with Crippen LogP contribution in [0.5, 0.6) is 0 Å². The molecule has 1 aliphatic carbocycles. The van der Waals surface area contributed by atoms with Crippen LogP contribution in [0, 0.1) is 0 Å². The number of pyridine rings is 1. The number of H-pyrrole nitrogens is 1. The number of fused-ring (bicyclic) bond motifs is 1. The molecule has 0 bridgehead atoms. The summed E-state index contributed by atoms with van der Waals surface area (Å²) >= 11 is 6.01. The number of amides is 1. The van der Waals surface area contributed by atoms with Crippen LogP contribution in [0.4, 0.5) is 0 Å². The zero-order valence-corrected chi connectivity index (χ0v) is 20.8. The van der Waals surface area contributed by atoms with E-state index in [1.54, 1.807) is 24.3 Å². The molecular weight excluding hydrogens is 488 g/mol. The molecule has 6 rings (SSSR count). The topological polar surface area (TPSA) is 99.2 Å². The molecule has 7 nitrogen and oxygen atoms in total. The van der Waals surface area contributed by atoms with Gasteiger partial charge >= 0.3 is 0 Å². The van der Waals surface area contributed by atoms with E-state index in [2.05, 4.69) is 28.2 Å². The molecule has 2 aliphatic rings. The Hall–Kier alpha value is -3.81. The zero-order chi connectivity index (χ0) is 25.6. The number of aromatic nitrogens is 3. The van der Waals surface area contributed by atoms with Crippen molar-refractivity contribution < 1.29 is 9.90 Å². The third-order valence-electron chi connectivity index (χ3n) is 7.38. The van der Waals surface area contributed by atoms with E-state index in [-0.39, 0.29) is 17.5 Å². The van der Waals surface area contributed by atoms with Crippen LogP contribution < -0.4 is 5.56 Å². The number of halogens is 1. The van der Waals surface area contributed by atoms with Crippen molar-refractivity contribution in [3.8, 4) is 11.1 Å². The normalized spacial score (nSPS) is 16.6. The molecule has 1 fully saturated rings. The Morgan fingerprint density at radius 1 is 1.05 bits per heavy atom. The van der Waals surface area contributed by atoms with Gasteiger partial charge in [0, 0.05) is 35.9 Å². The van der Waals surface area contributed by atoms with E-state index in [0.29, 0.717) is 40.6 Å². The van der Waals surface area contributed by atoms with Crippen LogP contribution in [0.2, 0.25) is 5.02 Å². The molecule has 1 amide bonds.